The summed E-state index contributed by atoms with van der Waals surface area (Å²) in [6.07, 6.45) is 7.22. The smallest absolute Gasteiger partial charge is 0.165 e. The van der Waals surface area contributed by atoms with Gasteiger partial charge in [0.05, 0.1) is 20.4 Å². The van der Waals surface area contributed by atoms with Crippen LogP contribution in [0.15, 0.2) is 55.1 Å². The van der Waals surface area contributed by atoms with Crippen LogP contribution in [0.1, 0.15) is 20.8 Å². The summed E-state index contributed by atoms with van der Waals surface area (Å²) in [5, 5.41) is 7.70. The molecule has 3 aromatic heterocycles. The highest BCUT2D eigenvalue weighted by Gasteiger charge is 2.12. The van der Waals surface area contributed by atoms with Crippen molar-refractivity contribution < 1.29 is 10.9 Å². The van der Waals surface area contributed by atoms with Gasteiger partial charge in [-0.15, -0.1) is 0 Å². The summed E-state index contributed by atoms with van der Waals surface area (Å²) >= 11 is 0. The zero-order valence-electron chi connectivity index (χ0n) is 17.3. The average Bonchev–Trinajstić information content (AvgIpc) is 3.18. The lowest BCUT2D eigenvalue weighted by Crippen LogP contribution is -1.99. The van der Waals surface area contributed by atoms with Crippen molar-refractivity contribution in [2.45, 2.75) is 20.8 Å². The maximum absolute atomic E-state index is 5.42. The molecule has 0 aliphatic heterocycles. The van der Waals surface area contributed by atoms with Crippen LogP contribution in [0.4, 0.5) is 11.5 Å². The summed E-state index contributed by atoms with van der Waals surface area (Å²) in [5.74, 6) is 2.10. The molecule has 29 heavy (non-hydrogen) atoms. The molecule has 0 unspecified atom stereocenters. The molecule has 1 N–H and O–H groups in total. The summed E-state index contributed by atoms with van der Waals surface area (Å²) in [6, 6.07) is 9.64. The molecule has 0 radical (unpaired) electrons. The first-order valence-corrected chi connectivity index (χ1v) is 9.44. The van der Waals surface area contributed by atoms with E-state index in [-0.39, 0.29) is 1.43 Å². The summed E-state index contributed by atoms with van der Waals surface area (Å²) in [6.45, 7) is 5.97. The minimum atomic E-state index is 0. The van der Waals surface area contributed by atoms with Crippen molar-refractivity contribution >= 4 is 17.2 Å². The Balaban J connectivity index is 0.00000104. The van der Waals surface area contributed by atoms with Crippen LogP contribution in [-0.2, 0) is 0 Å². The van der Waals surface area contributed by atoms with Crippen LogP contribution in [0.25, 0.3) is 16.8 Å². The van der Waals surface area contributed by atoms with Gasteiger partial charge < -0.3 is 14.8 Å². The minimum absolute atomic E-state index is 0. The first-order chi connectivity index (χ1) is 14.2. The Kier molecular flexibility index (Phi) is 6.29. The van der Waals surface area contributed by atoms with Crippen LogP contribution in [0.5, 0.6) is 11.5 Å². The number of nitrogens with zero attached hydrogens (tertiary/aromatic N) is 4. The van der Waals surface area contributed by atoms with E-state index in [1.165, 1.54) is 0 Å². The summed E-state index contributed by atoms with van der Waals surface area (Å²) in [5.41, 5.74) is 4.49. The highest BCUT2D eigenvalue weighted by molar-refractivity contribution is 5.77. The number of methoxy groups -OCH3 is 2. The van der Waals surface area contributed by atoms with Crippen molar-refractivity contribution in [1.29, 1.82) is 0 Å². The van der Waals surface area contributed by atoms with Crippen LogP contribution in [0.2, 0.25) is 0 Å². The molecule has 0 saturated carbocycles. The van der Waals surface area contributed by atoms with Gasteiger partial charge in [0.25, 0.3) is 0 Å². The molecule has 0 spiro atoms. The molecule has 1 aromatic carbocycles. The number of aryl methyl sites for hydroxylation is 1. The standard InChI is InChI=1S/C20H19N5O2.C2H6.H2/c1-13-9-15(10-17(26-2)19(13)27-3)23-18-6-8-25-20(24-18)16(12-22-25)14-5-4-7-21-11-14;1-2;/h4-12H,1-3H3,(H,23,24);1-2H3;1H. The molecule has 0 saturated heterocycles. The molecule has 0 aliphatic rings. The summed E-state index contributed by atoms with van der Waals surface area (Å²) in [4.78, 5) is 8.90. The number of nitrogens with one attached hydrogen (secondary N) is 1. The number of ether oxygens (including phenoxy) is 2. The number of fused-ring (bicyclic) bond motifs is 1. The molecule has 0 aliphatic carbocycles. The highest BCUT2D eigenvalue weighted by Crippen LogP contribution is 2.35. The van der Waals surface area contributed by atoms with Crippen LogP contribution < -0.4 is 14.8 Å². The third-order valence-corrected chi connectivity index (χ3v) is 4.28. The van der Waals surface area contributed by atoms with Crippen molar-refractivity contribution in [3.05, 3.63) is 60.7 Å². The molecule has 0 atom stereocenters. The molecule has 0 fully saturated rings. The third-order valence-electron chi connectivity index (χ3n) is 4.28. The van der Waals surface area contributed by atoms with E-state index in [9.17, 15) is 0 Å². The number of aromatic nitrogens is 4. The fourth-order valence-corrected chi connectivity index (χ4v) is 3.04. The number of benzene rings is 1. The lowest BCUT2D eigenvalue weighted by molar-refractivity contribution is 0.353. The fourth-order valence-electron chi connectivity index (χ4n) is 3.04. The van der Waals surface area contributed by atoms with Gasteiger partial charge in [0.1, 0.15) is 5.82 Å². The van der Waals surface area contributed by atoms with Crippen LogP contribution in [0, 0.1) is 6.92 Å². The molecule has 4 aromatic rings. The predicted molar refractivity (Wildman–Crippen MR) is 117 cm³/mol. The Labute approximate surface area is 171 Å². The van der Waals surface area contributed by atoms with Crippen molar-refractivity contribution in [2.75, 3.05) is 19.5 Å². The second-order valence-corrected chi connectivity index (χ2v) is 6.03. The fraction of sp³-hybridized carbons (Fsp3) is 0.227. The van der Waals surface area contributed by atoms with E-state index >= 15 is 0 Å². The Morgan fingerprint density at radius 3 is 2.59 bits per heavy atom. The van der Waals surface area contributed by atoms with Gasteiger partial charge in [0.15, 0.2) is 17.1 Å². The molecule has 152 valence electrons. The summed E-state index contributed by atoms with van der Waals surface area (Å²) < 4.78 is 12.6. The van der Waals surface area contributed by atoms with Gasteiger partial charge in [0.2, 0.25) is 0 Å². The number of rotatable bonds is 5. The van der Waals surface area contributed by atoms with E-state index in [1.54, 1.807) is 37.3 Å². The highest BCUT2D eigenvalue weighted by atomic mass is 16.5. The Morgan fingerprint density at radius 1 is 1.07 bits per heavy atom. The largest absolute Gasteiger partial charge is 0.493 e. The lowest BCUT2D eigenvalue weighted by atomic mass is 10.1. The van der Waals surface area contributed by atoms with Gasteiger partial charge >= 0.3 is 0 Å². The van der Waals surface area contributed by atoms with Crippen LogP contribution >= 0.6 is 0 Å². The number of anilines is 2. The normalized spacial score (nSPS) is 10.2. The minimum Gasteiger partial charge on any atom is -0.493 e. The maximum atomic E-state index is 5.42. The van der Waals surface area contributed by atoms with E-state index in [0.29, 0.717) is 11.6 Å². The Morgan fingerprint density at radius 2 is 1.90 bits per heavy atom. The van der Waals surface area contributed by atoms with Gasteiger partial charge in [0, 0.05) is 42.9 Å². The van der Waals surface area contributed by atoms with E-state index in [0.717, 1.165) is 33.8 Å². The first-order valence-electron chi connectivity index (χ1n) is 9.44. The van der Waals surface area contributed by atoms with E-state index < -0.39 is 0 Å². The lowest BCUT2D eigenvalue weighted by Gasteiger charge is -2.14. The van der Waals surface area contributed by atoms with Crippen molar-refractivity contribution in [3.8, 4) is 22.6 Å². The van der Waals surface area contributed by atoms with Gasteiger partial charge in [-0.05, 0) is 30.7 Å². The molecular formula is C22H27N5O2. The van der Waals surface area contributed by atoms with Crippen LogP contribution in [-0.4, -0.2) is 33.8 Å². The number of hydrogen-bond acceptors (Lipinski definition) is 6. The van der Waals surface area contributed by atoms with Crippen molar-refractivity contribution in [2.24, 2.45) is 0 Å². The molecular weight excluding hydrogens is 366 g/mol. The maximum Gasteiger partial charge on any atom is 0.165 e. The molecule has 0 bridgehead atoms. The van der Waals surface area contributed by atoms with Crippen LogP contribution in [0.3, 0.4) is 0 Å². The average molecular weight is 393 g/mol. The quantitative estimate of drug-likeness (QED) is 0.506. The molecule has 3 heterocycles. The van der Waals surface area contributed by atoms with Gasteiger partial charge in [-0.25, -0.2) is 9.50 Å². The van der Waals surface area contributed by atoms with E-state index in [4.69, 9.17) is 14.5 Å². The SMILES string of the molecule is CC.COc1cc(Nc2ccn3ncc(-c4cccnc4)c3n2)cc(C)c1OC.[HH]. The first kappa shape index (κ1) is 20.1. The molecule has 7 nitrogen and oxygen atoms in total. The Hall–Kier alpha value is -3.61. The summed E-state index contributed by atoms with van der Waals surface area (Å²) in [7, 11) is 3.25. The molecule has 7 heteroatoms. The third kappa shape index (κ3) is 4.13. The zero-order chi connectivity index (χ0) is 20.8. The monoisotopic (exact) mass is 393 g/mol. The van der Waals surface area contributed by atoms with Gasteiger partial charge in [-0.1, -0.05) is 19.9 Å². The Bertz CT molecular complexity index is 1100. The number of pyridine rings is 1. The van der Waals surface area contributed by atoms with Crippen molar-refractivity contribution in [1.82, 2.24) is 19.6 Å². The van der Waals surface area contributed by atoms with Gasteiger partial charge in [-0.3, -0.25) is 4.98 Å². The molecule has 0 amide bonds. The van der Waals surface area contributed by atoms with E-state index in [1.807, 2.05) is 57.3 Å². The second kappa shape index (κ2) is 9.05. The van der Waals surface area contributed by atoms with Gasteiger partial charge in [-0.2, -0.15) is 5.10 Å². The van der Waals surface area contributed by atoms with E-state index in [2.05, 4.69) is 15.4 Å². The predicted octanol–water partition coefficient (Wildman–Crippen LogP) is 5.13. The topological polar surface area (TPSA) is 73.6 Å². The van der Waals surface area contributed by atoms with Crippen molar-refractivity contribution in [3.63, 3.8) is 0 Å². The molecule has 4 rings (SSSR count). The number of hydrogen-bond donors (Lipinski definition) is 1. The second-order valence-electron chi connectivity index (χ2n) is 6.03. The zero-order valence-corrected chi connectivity index (χ0v) is 17.3.